The van der Waals surface area contributed by atoms with Gasteiger partial charge in [-0.1, -0.05) is 0 Å². The van der Waals surface area contributed by atoms with Crippen LogP contribution in [0.1, 0.15) is 12.8 Å². The lowest BCUT2D eigenvalue weighted by Crippen LogP contribution is -2.34. The van der Waals surface area contributed by atoms with Gasteiger partial charge in [-0.2, -0.15) is 0 Å². The summed E-state index contributed by atoms with van der Waals surface area (Å²) >= 11 is 0. The summed E-state index contributed by atoms with van der Waals surface area (Å²) in [5.74, 6) is 0. The van der Waals surface area contributed by atoms with Crippen molar-refractivity contribution in [1.82, 2.24) is 5.32 Å². The summed E-state index contributed by atoms with van der Waals surface area (Å²) in [6, 6.07) is 5.32. The van der Waals surface area contributed by atoms with Crippen molar-refractivity contribution < 1.29 is 14.5 Å². The topological polar surface area (TPSA) is 93.5 Å². The average Bonchev–Trinajstić information content (AvgIpc) is 2.90. The van der Waals surface area contributed by atoms with Crippen LogP contribution in [0.15, 0.2) is 24.3 Å². The molecule has 1 aromatic rings. The van der Waals surface area contributed by atoms with E-state index < -0.39 is 4.92 Å². The molecular formula is C12H15N3O4. The van der Waals surface area contributed by atoms with E-state index in [0.717, 1.165) is 19.4 Å². The van der Waals surface area contributed by atoms with E-state index in [1.807, 2.05) is 0 Å². The molecule has 7 nitrogen and oxygen atoms in total. The maximum Gasteiger partial charge on any atom is 0.319 e. The zero-order chi connectivity index (χ0) is 13.7. The molecule has 1 saturated heterocycles. The molecule has 2 rings (SSSR count). The number of carbonyl (C=O) groups is 1. The first kappa shape index (κ1) is 13.3. The molecular weight excluding hydrogens is 250 g/mol. The van der Waals surface area contributed by atoms with Crippen LogP contribution in [0.25, 0.3) is 0 Å². The van der Waals surface area contributed by atoms with Gasteiger partial charge in [-0.25, -0.2) is 4.79 Å². The second-order valence-corrected chi connectivity index (χ2v) is 4.27. The smallest absolute Gasteiger partial charge is 0.319 e. The van der Waals surface area contributed by atoms with Crippen LogP contribution in [0.5, 0.6) is 0 Å². The molecule has 1 heterocycles. The highest BCUT2D eigenvalue weighted by atomic mass is 16.6. The Morgan fingerprint density at radius 2 is 2.16 bits per heavy atom. The molecule has 0 radical (unpaired) electrons. The number of hydrogen-bond acceptors (Lipinski definition) is 4. The van der Waals surface area contributed by atoms with Gasteiger partial charge in [0.05, 0.1) is 11.0 Å². The highest BCUT2D eigenvalue weighted by molar-refractivity contribution is 5.89. The van der Waals surface area contributed by atoms with Gasteiger partial charge in [-0.15, -0.1) is 0 Å². The van der Waals surface area contributed by atoms with Crippen LogP contribution in [-0.2, 0) is 4.74 Å². The lowest BCUT2D eigenvalue weighted by molar-refractivity contribution is -0.384. The number of nitro groups is 1. The number of non-ortho nitro benzene ring substituents is 1. The molecule has 0 saturated carbocycles. The molecule has 2 amide bonds. The van der Waals surface area contributed by atoms with E-state index in [-0.39, 0.29) is 17.8 Å². The van der Waals surface area contributed by atoms with Crippen LogP contribution in [0, 0.1) is 10.1 Å². The Hall–Kier alpha value is -2.15. The van der Waals surface area contributed by atoms with Crippen LogP contribution < -0.4 is 10.6 Å². The minimum absolute atomic E-state index is 0.00897. The van der Waals surface area contributed by atoms with Crippen molar-refractivity contribution in [2.75, 3.05) is 18.5 Å². The average molecular weight is 265 g/mol. The fraction of sp³-hybridized carbons (Fsp3) is 0.417. The lowest BCUT2D eigenvalue weighted by atomic mass is 10.2. The highest BCUT2D eigenvalue weighted by Gasteiger charge is 2.16. The molecule has 7 heteroatoms. The second-order valence-electron chi connectivity index (χ2n) is 4.27. The summed E-state index contributed by atoms with van der Waals surface area (Å²) in [7, 11) is 0. The number of urea groups is 1. The first-order valence-corrected chi connectivity index (χ1v) is 6.06. The highest BCUT2D eigenvalue weighted by Crippen LogP contribution is 2.15. The Labute approximate surface area is 110 Å². The van der Waals surface area contributed by atoms with E-state index in [0.29, 0.717) is 12.2 Å². The molecule has 0 unspecified atom stereocenters. The minimum Gasteiger partial charge on any atom is -0.376 e. The molecule has 0 bridgehead atoms. The molecule has 1 aromatic carbocycles. The predicted octanol–water partition coefficient (Wildman–Crippen LogP) is 1.90. The number of nitro benzene ring substituents is 1. The third kappa shape index (κ3) is 3.92. The number of hydrogen-bond donors (Lipinski definition) is 2. The zero-order valence-electron chi connectivity index (χ0n) is 10.3. The number of amides is 2. The van der Waals surface area contributed by atoms with E-state index in [2.05, 4.69) is 10.6 Å². The van der Waals surface area contributed by atoms with E-state index in [4.69, 9.17) is 4.74 Å². The molecule has 102 valence electrons. The number of ether oxygens (including phenoxy) is 1. The van der Waals surface area contributed by atoms with Crippen molar-refractivity contribution in [2.45, 2.75) is 18.9 Å². The van der Waals surface area contributed by atoms with E-state index in [1.54, 1.807) is 0 Å². The Bertz CT molecular complexity index is 455. The van der Waals surface area contributed by atoms with Crippen molar-refractivity contribution in [3.8, 4) is 0 Å². The van der Waals surface area contributed by atoms with Gasteiger partial charge in [-0.3, -0.25) is 10.1 Å². The maximum atomic E-state index is 11.6. The summed E-state index contributed by atoms with van der Waals surface area (Å²) in [6.07, 6.45) is 2.07. The van der Waals surface area contributed by atoms with Crippen molar-refractivity contribution >= 4 is 17.4 Å². The summed E-state index contributed by atoms with van der Waals surface area (Å²) in [5, 5.41) is 15.8. The second kappa shape index (κ2) is 6.14. The van der Waals surface area contributed by atoms with Gasteiger partial charge in [-0.05, 0) is 25.0 Å². The van der Waals surface area contributed by atoms with Crippen LogP contribution in [-0.4, -0.2) is 30.2 Å². The third-order valence-corrected chi connectivity index (χ3v) is 2.85. The Morgan fingerprint density at radius 1 is 1.42 bits per heavy atom. The molecule has 2 N–H and O–H groups in total. The summed E-state index contributed by atoms with van der Waals surface area (Å²) in [4.78, 5) is 21.6. The van der Waals surface area contributed by atoms with Crippen molar-refractivity contribution in [2.24, 2.45) is 0 Å². The first-order chi connectivity index (χ1) is 9.15. The number of nitrogens with zero attached hydrogens (tertiary/aromatic N) is 1. The summed E-state index contributed by atoms with van der Waals surface area (Å²) in [5.41, 5.74) is 0.501. The molecule has 0 aromatic heterocycles. The van der Waals surface area contributed by atoms with E-state index >= 15 is 0 Å². The van der Waals surface area contributed by atoms with Gasteiger partial charge in [0.15, 0.2) is 0 Å². The van der Waals surface area contributed by atoms with Gasteiger partial charge in [0.2, 0.25) is 0 Å². The molecule has 1 fully saturated rings. The molecule has 0 spiro atoms. The van der Waals surface area contributed by atoms with E-state index in [1.165, 1.54) is 24.3 Å². The number of rotatable bonds is 4. The standard InChI is InChI=1S/C12H15N3O4/c16-12(13-8-11-2-1-7-19-11)14-9-3-5-10(6-4-9)15(17)18/h3-6,11H,1-2,7-8H2,(H2,13,14,16)/t11-/m1/s1. The number of benzene rings is 1. The number of carbonyl (C=O) groups excluding carboxylic acids is 1. The Morgan fingerprint density at radius 3 is 2.74 bits per heavy atom. The van der Waals surface area contributed by atoms with Crippen molar-refractivity contribution in [3.63, 3.8) is 0 Å². The van der Waals surface area contributed by atoms with Gasteiger partial charge in [0.1, 0.15) is 0 Å². The normalized spacial score (nSPS) is 18.0. The number of anilines is 1. The zero-order valence-corrected chi connectivity index (χ0v) is 10.3. The van der Waals surface area contributed by atoms with Crippen LogP contribution in [0.4, 0.5) is 16.2 Å². The SMILES string of the molecule is O=C(NC[C@H]1CCCO1)Nc1ccc([N+](=O)[O-])cc1. The summed E-state index contributed by atoms with van der Waals surface area (Å²) < 4.78 is 5.38. The maximum absolute atomic E-state index is 11.6. The van der Waals surface area contributed by atoms with Gasteiger partial charge < -0.3 is 15.4 Å². The van der Waals surface area contributed by atoms with Crippen LogP contribution in [0.3, 0.4) is 0 Å². The van der Waals surface area contributed by atoms with Gasteiger partial charge >= 0.3 is 6.03 Å². The largest absolute Gasteiger partial charge is 0.376 e. The Kier molecular flexibility index (Phi) is 4.30. The predicted molar refractivity (Wildman–Crippen MR) is 69.1 cm³/mol. The molecule has 19 heavy (non-hydrogen) atoms. The van der Waals surface area contributed by atoms with Gasteiger partial charge in [0.25, 0.3) is 5.69 Å². The molecule has 1 aliphatic heterocycles. The van der Waals surface area contributed by atoms with E-state index in [9.17, 15) is 14.9 Å². The summed E-state index contributed by atoms with van der Waals surface area (Å²) in [6.45, 7) is 1.22. The molecule has 1 aliphatic rings. The first-order valence-electron chi connectivity index (χ1n) is 6.06. The quantitative estimate of drug-likeness (QED) is 0.642. The van der Waals surface area contributed by atoms with Crippen LogP contribution >= 0.6 is 0 Å². The van der Waals surface area contributed by atoms with Crippen LogP contribution in [0.2, 0.25) is 0 Å². The Balaban J connectivity index is 1.79. The van der Waals surface area contributed by atoms with Crippen molar-refractivity contribution in [1.29, 1.82) is 0 Å². The molecule has 1 atom stereocenters. The fourth-order valence-corrected chi connectivity index (χ4v) is 1.85. The fourth-order valence-electron chi connectivity index (χ4n) is 1.85. The minimum atomic E-state index is -0.485. The van der Waals surface area contributed by atoms with Gasteiger partial charge in [0, 0.05) is 31.0 Å². The number of nitrogens with one attached hydrogen (secondary N) is 2. The lowest BCUT2D eigenvalue weighted by Gasteiger charge is -2.11. The third-order valence-electron chi connectivity index (χ3n) is 2.85. The monoisotopic (exact) mass is 265 g/mol. The molecule has 0 aliphatic carbocycles. The van der Waals surface area contributed by atoms with Crippen molar-refractivity contribution in [3.05, 3.63) is 34.4 Å².